The number of aryl methyl sites for hydroxylation is 1. The van der Waals surface area contributed by atoms with Crippen molar-refractivity contribution in [3.8, 4) is 0 Å². The molecule has 2 unspecified atom stereocenters. The third-order valence-electron chi connectivity index (χ3n) is 2.74. The summed E-state index contributed by atoms with van der Waals surface area (Å²) in [5.74, 6) is -0.0196. The van der Waals surface area contributed by atoms with Crippen molar-refractivity contribution in [1.82, 2.24) is 15.1 Å². The molecule has 0 aromatic carbocycles. The number of rotatable bonds is 4. The third-order valence-corrected chi connectivity index (χ3v) is 2.74. The number of amides is 1. The summed E-state index contributed by atoms with van der Waals surface area (Å²) in [7, 11) is 1.87. The van der Waals surface area contributed by atoms with Crippen LogP contribution in [0.1, 0.15) is 45.7 Å². The second-order valence-electron chi connectivity index (χ2n) is 6.00. The Kier molecular flexibility index (Phi) is 4.51. The van der Waals surface area contributed by atoms with E-state index in [9.17, 15) is 4.79 Å². The van der Waals surface area contributed by atoms with E-state index in [1.807, 2.05) is 20.2 Å². The van der Waals surface area contributed by atoms with Gasteiger partial charge in [-0.05, 0) is 12.3 Å². The van der Waals surface area contributed by atoms with E-state index in [1.165, 1.54) is 0 Å². The first-order valence-corrected chi connectivity index (χ1v) is 6.23. The van der Waals surface area contributed by atoms with Crippen molar-refractivity contribution in [2.45, 2.75) is 46.2 Å². The van der Waals surface area contributed by atoms with Gasteiger partial charge >= 0.3 is 0 Å². The van der Waals surface area contributed by atoms with E-state index in [-0.39, 0.29) is 23.4 Å². The Balaban J connectivity index is 2.84. The quantitative estimate of drug-likeness (QED) is 0.850. The first kappa shape index (κ1) is 14.7. The molecule has 1 aromatic heterocycles. The van der Waals surface area contributed by atoms with E-state index in [0.717, 1.165) is 5.56 Å². The molecule has 2 atom stereocenters. The summed E-state index contributed by atoms with van der Waals surface area (Å²) in [6.45, 7) is 8.11. The van der Waals surface area contributed by atoms with Crippen molar-refractivity contribution in [2.75, 3.05) is 0 Å². The van der Waals surface area contributed by atoms with Crippen LogP contribution in [0.15, 0.2) is 12.4 Å². The average molecular weight is 252 g/mol. The van der Waals surface area contributed by atoms with Crippen molar-refractivity contribution < 1.29 is 4.79 Å². The SMILES string of the molecule is CC(N)CC(=O)NC(c1cnn(C)c1)C(C)(C)C. The van der Waals surface area contributed by atoms with E-state index in [0.29, 0.717) is 6.42 Å². The number of hydrogen-bond acceptors (Lipinski definition) is 3. The molecule has 0 aliphatic heterocycles. The van der Waals surface area contributed by atoms with E-state index in [1.54, 1.807) is 10.9 Å². The highest BCUT2D eigenvalue weighted by Gasteiger charge is 2.28. The van der Waals surface area contributed by atoms with Crippen LogP contribution in [-0.4, -0.2) is 21.7 Å². The van der Waals surface area contributed by atoms with Crippen LogP contribution in [-0.2, 0) is 11.8 Å². The number of hydrogen-bond donors (Lipinski definition) is 2. The van der Waals surface area contributed by atoms with Gasteiger partial charge in [-0.15, -0.1) is 0 Å². The molecule has 3 N–H and O–H groups in total. The zero-order valence-corrected chi connectivity index (χ0v) is 11.9. The highest BCUT2D eigenvalue weighted by molar-refractivity contribution is 5.77. The van der Waals surface area contributed by atoms with Gasteiger partial charge in [0.15, 0.2) is 0 Å². The predicted octanol–water partition coefficient (Wildman–Crippen LogP) is 1.36. The maximum Gasteiger partial charge on any atom is 0.222 e. The van der Waals surface area contributed by atoms with Gasteiger partial charge in [-0.2, -0.15) is 5.10 Å². The van der Waals surface area contributed by atoms with Crippen LogP contribution in [0.4, 0.5) is 0 Å². The van der Waals surface area contributed by atoms with Gasteiger partial charge < -0.3 is 11.1 Å². The molecule has 0 aliphatic carbocycles. The summed E-state index contributed by atoms with van der Waals surface area (Å²) in [6.07, 6.45) is 4.07. The standard InChI is InChI=1S/C13H24N4O/c1-9(14)6-11(18)16-12(13(2,3)4)10-7-15-17(5)8-10/h7-9,12H,6,14H2,1-5H3,(H,16,18). The molecule has 1 aromatic rings. The molecule has 0 spiro atoms. The van der Waals surface area contributed by atoms with Crippen molar-refractivity contribution in [3.63, 3.8) is 0 Å². The average Bonchev–Trinajstić information content (AvgIpc) is 2.58. The van der Waals surface area contributed by atoms with Gasteiger partial charge in [0, 0.05) is 31.3 Å². The molecule has 0 saturated carbocycles. The molecule has 0 bridgehead atoms. The fourth-order valence-electron chi connectivity index (χ4n) is 1.90. The first-order valence-electron chi connectivity index (χ1n) is 6.23. The van der Waals surface area contributed by atoms with Gasteiger partial charge in [-0.25, -0.2) is 0 Å². The van der Waals surface area contributed by atoms with Gasteiger partial charge in [0.05, 0.1) is 12.2 Å². The molecule has 0 aliphatic rings. The Labute approximate surface area is 109 Å². The van der Waals surface area contributed by atoms with E-state index in [4.69, 9.17) is 5.73 Å². The second kappa shape index (κ2) is 5.52. The summed E-state index contributed by atoms with van der Waals surface area (Å²) in [6, 6.07) is -0.183. The maximum absolute atomic E-state index is 11.9. The molecular formula is C13H24N4O. The summed E-state index contributed by atoms with van der Waals surface area (Å²) < 4.78 is 1.74. The molecular weight excluding hydrogens is 228 g/mol. The Morgan fingerprint density at radius 3 is 2.56 bits per heavy atom. The van der Waals surface area contributed by atoms with Crippen molar-refractivity contribution in [1.29, 1.82) is 0 Å². The summed E-state index contributed by atoms with van der Waals surface area (Å²) in [5, 5.41) is 7.21. The van der Waals surface area contributed by atoms with Crippen LogP contribution in [0.25, 0.3) is 0 Å². The van der Waals surface area contributed by atoms with Crippen LogP contribution in [0.3, 0.4) is 0 Å². The summed E-state index contributed by atoms with van der Waals surface area (Å²) >= 11 is 0. The van der Waals surface area contributed by atoms with E-state index >= 15 is 0 Å². The van der Waals surface area contributed by atoms with Crippen LogP contribution >= 0.6 is 0 Å². The first-order chi connectivity index (χ1) is 8.20. The molecule has 18 heavy (non-hydrogen) atoms. The second-order valence-corrected chi connectivity index (χ2v) is 6.00. The lowest BCUT2D eigenvalue weighted by molar-refractivity contribution is -0.122. The highest BCUT2D eigenvalue weighted by Crippen LogP contribution is 2.32. The predicted molar refractivity (Wildman–Crippen MR) is 71.8 cm³/mol. The molecule has 102 valence electrons. The van der Waals surface area contributed by atoms with E-state index < -0.39 is 0 Å². The number of carbonyl (C=O) groups is 1. The number of aromatic nitrogens is 2. The fourth-order valence-corrected chi connectivity index (χ4v) is 1.90. The van der Waals surface area contributed by atoms with Crippen LogP contribution in [0.5, 0.6) is 0 Å². The molecule has 0 radical (unpaired) electrons. The summed E-state index contributed by atoms with van der Waals surface area (Å²) in [4.78, 5) is 11.9. The zero-order valence-electron chi connectivity index (χ0n) is 11.9. The topological polar surface area (TPSA) is 72.9 Å². The molecule has 1 heterocycles. The number of carbonyl (C=O) groups excluding carboxylic acids is 1. The van der Waals surface area contributed by atoms with Gasteiger partial charge in [0.25, 0.3) is 0 Å². The molecule has 0 saturated heterocycles. The molecule has 5 nitrogen and oxygen atoms in total. The minimum atomic E-state index is -0.125. The normalized spacial score (nSPS) is 15.2. The van der Waals surface area contributed by atoms with Gasteiger partial charge in [0.2, 0.25) is 5.91 Å². The van der Waals surface area contributed by atoms with Gasteiger partial charge in [-0.1, -0.05) is 20.8 Å². The smallest absolute Gasteiger partial charge is 0.222 e. The van der Waals surface area contributed by atoms with Crippen LogP contribution in [0, 0.1) is 5.41 Å². The van der Waals surface area contributed by atoms with Crippen LogP contribution < -0.4 is 11.1 Å². The summed E-state index contributed by atoms with van der Waals surface area (Å²) in [5.41, 5.74) is 6.59. The van der Waals surface area contributed by atoms with Crippen molar-refractivity contribution in [3.05, 3.63) is 18.0 Å². The van der Waals surface area contributed by atoms with Gasteiger partial charge in [-0.3, -0.25) is 9.48 Å². The monoisotopic (exact) mass is 252 g/mol. The molecule has 5 heteroatoms. The Morgan fingerprint density at radius 2 is 2.17 bits per heavy atom. The third kappa shape index (κ3) is 4.14. The molecule has 1 rings (SSSR count). The largest absolute Gasteiger partial charge is 0.349 e. The lowest BCUT2D eigenvalue weighted by atomic mass is 9.83. The molecule has 1 amide bonds. The number of nitrogens with zero attached hydrogens (tertiary/aromatic N) is 2. The number of nitrogens with two attached hydrogens (primary N) is 1. The zero-order chi connectivity index (χ0) is 13.9. The maximum atomic E-state index is 11.9. The lowest BCUT2D eigenvalue weighted by Crippen LogP contribution is -2.38. The lowest BCUT2D eigenvalue weighted by Gasteiger charge is -2.31. The molecule has 0 fully saturated rings. The Morgan fingerprint density at radius 1 is 1.56 bits per heavy atom. The van der Waals surface area contributed by atoms with Crippen molar-refractivity contribution in [2.24, 2.45) is 18.2 Å². The fraction of sp³-hybridized carbons (Fsp3) is 0.692. The minimum absolute atomic E-state index is 0.0196. The van der Waals surface area contributed by atoms with Crippen LogP contribution in [0.2, 0.25) is 0 Å². The Bertz CT molecular complexity index is 403. The number of nitrogens with one attached hydrogen (secondary N) is 1. The van der Waals surface area contributed by atoms with Crippen molar-refractivity contribution >= 4 is 5.91 Å². The highest BCUT2D eigenvalue weighted by atomic mass is 16.1. The Hall–Kier alpha value is -1.36. The van der Waals surface area contributed by atoms with Gasteiger partial charge in [0.1, 0.15) is 0 Å². The minimum Gasteiger partial charge on any atom is -0.349 e. The van der Waals surface area contributed by atoms with E-state index in [2.05, 4.69) is 31.2 Å².